The minimum Gasteiger partial charge on any atom is -0.466 e. The van der Waals surface area contributed by atoms with Gasteiger partial charge in [0.1, 0.15) is 0 Å². The molecule has 10 heteroatoms. The highest BCUT2D eigenvalue weighted by molar-refractivity contribution is 7.89. The highest BCUT2D eigenvalue weighted by atomic mass is 32.2. The van der Waals surface area contributed by atoms with Gasteiger partial charge >= 0.3 is 5.97 Å². The van der Waals surface area contributed by atoms with Gasteiger partial charge in [0.05, 0.1) is 30.8 Å². The van der Waals surface area contributed by atoms with Gasteiger partial charge in [-0.25, -0.2) is 13.1 Å². The first kappa shape index (κ1) is 27.1. The summed E-state index contributed by atoms with van der Waals surface area (Å²) in [4.78, 5) is 27.4. The van der Waals surface area contributed by atoms with Crippen LogP contribution in [-0.2, 0) is 42.6 Å². The second kappa shape index (κ2) is 11.4. The van der Waals surface area contributed by atoms with E-state index < -0.39 is 10.0 Å². The third-order valence-electron chi connectivity index (χ3n) is 8.27. The number of sulfonamides is 1. The molecule has 1 saturated heterocycles. The largest absolute Gasteiger partial charge is 0.466 e. The molecule has 1 aromatic heterocycles. The zero-order valence-corrected chi connectivity index (χ0v) is 23.2. The number of aryl methyl sites for hydroxylation is 2. The fourth-order valence-electron chi connectivity index (χ4n) is 6.04. The molecule has 1 atom stereocenters. The number of aromatic nitrogens is 1. The van der Waals surface area contributed by atoms with Crippen molar-refractivity contribution >= 4 is 32.8 Å². The Hall–Kier alpha value is -2.43. The minimum absolute atomic E-state index is 0.0438. The second-order valence-corrected chi connectivity index (χ2v) is 12.6. The summed E-state index contributed by atoms with van der Waals surface area (Å²) in [6.07, 6.45) is 7.69. The number of morpholine rings is 1. The lowest BCUT2D eigenvalue weighted by atomic mass is 9.85. The normalized spacial score (nSPS) is 24.5. The maximum absolute atomic E-state index is 13.3. The van der Waals surface area contributed by atoms with Crippen LogP contribution in [0.3, 0.4) is 0 Å². The summed E-state index contributed by atoms with van der Waals surface area (Å²) >= 11 is 0. The molecule has 1 amide bonds. The first-order chi connectivity index (χ1) is 18.3. The Bertz CT molecular complexity index is 1280. The lowest BCUT2D eigenvalue weighted by Crippen LogP contribution is -2.52. The van der Waals surface area contributed by atoms with E-state index in [1.807, 2.05) is 28.8 Å². The van der Waals surface area contributed by atoms with Gasteiger partial charge in [0.2, 0.25) is 15.9 Å². The predicted octanol–water partition coefficient (Wildman–Crippen LogP) is 3.15. The molecule has 2 aliphatic carbocycles. The summed E-state index contributed by atoms with van der Waals surface area (Å²) in [5.74, 6) is 0.491. The summed E-state index contributed by atoms with van der Waals surface area (Å²) in [5, 5.41) is 0.824. The SMILES string of the molecule is CCOC(=O)CCc1cn(C)c2ccc(S(=O)(=O)NC3CCC(C(=O)N4CCOC[C@@H]4C4CC4)CC3)cc12. The number of esters is 1. The van der Waals surface area contributed by atoms with Crippen LogP contribution in [0.1, 0.15) is 57.4 Å². The molecule has 208 valence electrons. The Morgan fingerprint density at radius 1 is 1.13 bits per heavy atom. The van der Waals surface area contributed by atoms with Crippen LogP contribution in [0.2, 0.25) is 0 Å². The Labute approximate surface area is 224 Å². The van der Waals surface area contributed by atoms with Crippen molar-refractivity contribution in [2.45, 2.75) is 75.3 Å². The van der Waals surface area contributed by atoms with Crippen LogP contribution >= 0.6 is 0 Å². The number of ether oxygens (including phenoxy) is 2. The quantitative estimate of drug-likeness (QED) is 0.485. The van der Waals surface area contributed by atoms with Gasteiger partial charge in [-0.15, -0.1) is 0 Å². The molecule has 0 spiro atoms. The Morgan fingerprint density at radius 3 is 2.61 bits per heavy atom. The predicted molar refractivity (Wildman–Crippen MR) is 143 cm³/mol. The molecule has 2 saturated carbocycles. The van der Waals surface area contributed by atoms with Gasteiger partial charge in [-0.05, 0) is 81.5 Å². The number of carbonyl (C=O) groups is 2. The molecule has 0 bridgehead atoms. The van der Waals surface area contributed by atoms with Crippen molar-refractivity contribution in [3.63, 3.8) is 0 Å². The highest BCUT2D eigenvalue weighted by Crippen LogP contribution is 2.38. The van der Waals surface area contributed by atoms with Crippen molar-refractivity contribution in [2.24, 2.45) is 18.9 Å². The first-order valence-corrected chi connectivity index (χ1v) is 15.4. The van der Waals surface area contributed by atoms with Gasteiger partial charge in [0, 0.05) is 49.1 Å². The van der Waals surface area contributed by atoms with Crippen molar-refractivity contribution in [1.82, 2.24) is 14.2 Å². The fourth-order valence-corrected chi connectivity index (χ4v) is 7.37. The number of fused-ring (bicyclic) bond motifs is 1. The van der Waals surface area contributed by atoms with E-state index in [1.165, 1.54) is 12.8 Å². The molecule has 1 aromatic carbocycles. The summed E-state index contributed by atoms with van der Waals surface area (Å²) in [5.41, 5.74) is 1.83. The monoisotopic (exact) mass is 545 g/mol. The number of hydrogen-bond acceptors (Lipinski definition) is 6. The van der Waals surface area contributed by atoms with Gasteiger partial charge < -0.3 is 18.9 Å². The molecule has 5 rings (SSSR count). The average molecular weight is 546 g/mol. The summed E-state index contributed by atoms with van der Waals surface area (Å²) in [6, 6.07) is 5.16. The third-order valence-corrected chi connectivity index (χ3v) is 9.79. The summed E-state index contributed by atoms with van der Waals surface area (Å²) < 4.78 is 42.2. The number of benzene rings is 1. The van der Waals surface area contributed by atoms with Gasteiger partial charge in [0.25, 0.3) is 0 Å². The number of carbonyl (C=O) groups excluding carboxylic acids is 2. The van der Waals surface area contributed by atoms with E-state index in [2.05, 4.69) is 4.72 Å². The molecule has 2 heterocycles. The van der Waals surface area contributed by atoms with Crippen LogP contribution in [-0.4, -0.2) is 68.2 Å². The van der Waals surface area contributed by atoms with Gasteiger partial charge in [-0.1, -0.05) is 0 Å². The zero-order chi connectivity index (χ0) is 26.9. The Kier molecular flexibility index (Phi) is 8.11. The molecule has 38 heavy (non-hydrogen) atoms. The van der Waals surface area contributed by atoms with E-state index in [1.54, 1.807) is 19.1 Å². The lowest BCUT2D eigenvalue weighted by Gasteiger charge is -2.39. The lowest BCUT2D eigenvalue weighted by molar-refractivity contribution is -0.146. The van der Waals surface area contributed by atoms with Crippen LogP contribution < -0.4 is 4.72 Å². The molecular weight excluding hydrogens is 506 g/mol. The molecule has 9 nitrogen and oxygen atoms in total. The average Bonchev–Trinajstić information content (AvgIpc) is 3.71. The summed E-state index contributed by atoms with van der Waals surface area (Å²) in [6.45, 7) is 4.02. The van der Waals surface area contributed by atoms with Crippen LogP contribution in [0.15, 0.2) is 29.3 Å². The van der Waals surface area contributed by atoms with Crippen LogP contribution in [0.5, 0.6) is 0 Å². The van der Waals surface area contributed by atoms with Crippen LogP contribution in [0.4, 0.5) is 0 Å². The first-order valence-electron chi connectivity index (χ1n) is 13.9. The molecule has 3 aliphatic rings. The maximum atomic E-state index is 13.3. The van der Waals surface area contributed by atoms with E-state index in [9.17, 15) is 18.0 Å². The fraction of sp³-hybridized carbons (Fsp3) is 0.643. The topological polar surface area (TPSA) is 107 Å². The van der Waals surface area contributed by atoms with Crippen LogP contribution in [0.25, 0.3) is 10.9 Å². The number of rotatable bonds is 9. The summed E-state index contributed by atoms with van der Waals surface area (Å²) in [7, 11) is -1.82. The van der Waals surface area contributed by atoms with Gasteiger partial charge in [-0.2, -0.15) is 0 Å². The van der Waals surface area contributed by atoms with E-state index in [4.69, 9.17) is 9.47 Å². The van der Waals surface area contributed by atoms with Crippen molar-refractivity contribution in [2.75, 3.05) is 26.4 Å². The van der Waals surface area contributed by atoms with Crippen molar-refractivity contribution in [1.29, 1.82) is 0 Å². The molecule has 1 N–H and O–H groups in total. The number of amides is 1. The van der Waals surface area contributed by atoms with Crippen LogP contribution in [0, 0.1) is 11.8 Å². The highest BCUT2D eigenvalue weighted by Gasteiger charge is 2.41. The number of hydrogen-bond donors (Lipinski definition) is 1. The molecular formula is C28H39N3O6S. The maximum Gasteiger partial charge on any atom is 0.306 e. The molecule has 3 fully saturated rings. The van der Waals surface area contributed by atoms with Crippen molar-refractivity contribution in [3.05, 3.63) is 30.0 Å². The minimum atomic E-state index is -3.73. The third kappa shape index (κ3) is 5.92. The van der Waals surface area contributed by atoms with Gasteiger partial charge in [-0.3, -0.25) is 9.59 Å². The molecule has 0 radical (unpaired) electrons. The molecule has 1 aliphatic heterocycles. The smallest absolute Gasteiger partial charge is 0.306 e. The Balaban J connectivity index is 1.21. The van der Waals surface area contributed by atoms with E-state index in [0.29, 0.717) is 64.4 Å². The van der Waals surface area contributed by atoms with Crippen molar-refractivity contribution < 1.29 is 27.5 Å². The number of nitrogens with one attached hydrogen (secondary N) is 1. The van der Waals surface area contributed by atoms with E-state index >= 15 is 0 Å². The number of nitrogens with zero attached hydrogens (tertiary/aromatic N) is 2. The standard InChI is InChI=1S/C28H39N3O6S/c1-3-37-27(32)13-8-21-17-30(2)25-12-11-23(16-24(21)25)38(34,35)29-22-9-6-20(7-10-22)28(33)31-14-15-36-18-26(31)19-4-5-19/h11-12,16-17,19-20,22,26,29H,3-10,13-15,18H2,1-2H3/t20?,22?,26-/m1/s1. The van der Waals surface area contributed by atoms with E-state index in [0.717, 1.165) is 16.5 Å². The second-order valence-electron chi connectivity index (χ2n) is 10.9. The molecule has 2 aromatic rings. The Morgan fingerprint density at radius 2 is 1.89 bits per heavy atom. The van der Waals surface area contributed by atoms with E-state index in [-0.39, 0.29) is 41.2 Å². The molecule has 0 unspecified atom stereocenters. The zero-order valence-electron chi connectivity index (χ0n) is 22.4. The van der Waals surface area contributed by atoms with Gasteiger partial charge in [0.15, 0.2) is 0 Å². The van der Waals surface area contributed by atoms with Crippen molar-refractivity contribution in [3.8, 4) is 0 Å².